The Morgan fingerprint density at radius 1 is 0.317 bits per heavy atom. The monoisotopic (exact) mass is 990 g/mol. The molecule has 0 saturated carbocycles. The first-order valence-electron chi connectivity index (χ1n) is 23.0. The van der Waals surface area contributed by atoms with Gasteiger partial charge in [-0.05, 0) is 61.4 Å². The second-order valence-electron chi connectivity index (χ2n) is 15.7. The van der Waals surface area contributed by atoms with E-state index in [1.807, 2.05) is 0 Å². The molecular formula is C49H82Ca2O7Zn2. The number of hydrogen-bond acceptors (Lipinski definition) is 7. The van der Waals surface area contributed by atoms with Gasteiger partial charge < -0.3 is 18.9 Å². The summed E-state index contributed by atoms with van der Waals surface area (Å²) in [5.74, 6) is 0.824. The Kier molecular flexibility index (Phi) is 51.1. The van der Waals surface area contributed by atoms with Crippen LogP contribution in [0.5, 0.6) is 23.0 Å². The third kappa shape index (κ3) is 38.8. The van der Waals surface area contributed by atoms with Crippen molar-refractivity contribution in [2.24, 2.45) is 0 Å². The molecule has 0 aliphatic rings. The number of hydrogen-bond donors (Lipinski definition) is 0. The van der Waals surface area contributed by atoms with Gasteiger partial charge in [0.25, 0.3) is 0 Å². The summed E-state index contributed by atoms with van der Waals surface area (Å²) in [4.78, 5) is 36.9. The SMILES string of the molecule is CCCCCCCCCCCCCCCCCC(=O)Oc1ccc(OC(=O)Oc2ccc(OC(=O)CCCCCCCCCCCCCCCCC)cc2)cc1.[CaH2].[CaH2].[Zn].[Zn]. The van der Waals surface area contributed by atoms with E-state index in [4.69, 9.17) is 18.9 Å². The minimum Gasteiger partial charge on any atom is 0 e. The first kappa shape index (κ1) is 64.7. The molecule has 0 saturated heterocycles. The smallest absolute Gasteiger partial charge is 0 e. The number of benzene rings is 2. The van der Waals surface area contributed by atoms with Gasteiger partial charge in [-0.3, -0.25) is 9.59 Å². The van der Waals surface area contributed by atoms with E-state index >= 15 is 0 Å². The largest absolute Gasteiger partial charge is 0 e. The zero-order chi connectivity index (χ0) is 40.2. The average molecular weight is 994 g/mol. The van der Waals surface area contributed by atoms with Crippen molar-refractivity contribution in [1.29, 1.82) is 0 Å². The summed E-state index contributed by atoms with van der Waals surface area (Å²) < 4.78 is 21.4. The minimum absolute atomic E-state index is 0. The van der Waals surface area contributed by atoms with Crippen LogP contribution in [0.15, 0.2) is 48.5 Å². The molecule has 7 nitrogen and oxygen atoms in total. The third-order valence-corrected chi connectivity index (χ3v) is 10.5. The number of rotatable bonds is 36. The molecule has 2 aromatic carbocycles. The van der Waals surface area contributed by atoms with Gasteiger partial charge in [-0.15, -0.1) is 0 Å². The molecule has 60 heavy (non-hydrogen) atoms. The Morgan fingerprint density at radius 2 is 0.500 bits per heavy atom. The molecule has 0 radical (unpaired) electrons. The van der Waals surface area contributed by atoms with E-state index in [9.17, 15) is 14.4 Å². The molecule has 328 valence electrons. The Balaban J connectivity index is -0.00000812. The molecule has 0 aliphatic carbocycles. The summed E-state index contributed by atoms with van der Waals surface area (Å²) in [6, 6.07) is 12.6. The molecule has 0 unspecified atom stereocenters. The van der Waals surface area contributed by atoms with E-state index in [1.54, 1.807) is 48.5 Å². The fourth-order valence-electron chi connectivity index (χ4n) is 7.01. The average Bonchev–Trinajstić information content (AvgIpc) is 3.19. The Bertz CT molecular complexity index is 1170. The molecule has 11 heteroatoms. The number of esters is 2. The summed E-state index contributed by atoms with van der Waals surface area (Å²) in [7, 11) is 0. The Labute approximate surface area is 451 Å². The van der Waals surface area contributed by atoms with Crippen molar-refractivity contribution >= 4 is 93.6 Å². The zero-order valence-electron chi connectivity index (χ0n) is 37.0. The molecule has 2 aromatic rings. The van der Waals surface area contributed by atoms with E-state index in [0.717, 1.165) is 38.5 Å². The molecule has 0 amide bonds. The first-order chi connectivity index (χ1) is 27.5. The fourth-order valence-corrected chi connectivity index (χ4v) is 7.01. The van der Waals surface area contributed by atoms with Gasteiger partial charge in [0, 0.05) is 51.8 Å². The van der Waals surface area contributed by atoms with Gasteiger partial charge in [0.2, 0.25) is 0 Å². The van der Waals surface area contributed by atoms with Gasteiger partial charge in [0.1, 0.15) is 23.0 Å². The first-order valence-corrected chi connectivity index (χ1v) is 23.0. The molecule has 0 atom stereocenters. The minimum atomic E-state index is -0.902. The van der Waals surface area contributed by atoms with E-state index in [1.165, 1.54) is 154 Å². The summed E-state index contributed by atoms with van der Waals surface area (Å²) in [6.45, 7) is 4.53. The molecule has 0 heterocycles. The molecular weight excluding hydrogens is 911 g/mol. The quantitative estimate of drug-likeness (QED) is 0.0221. The van der Waals surface area contributed by atoms with Crippen molar-refractivity contribution in [1.82, 2.24) is 0 Å². The number of carbonyl (C=O) groups excluding carboxylic acids is 3. The summed E-state index contributed by atoms with van der Waals surface area (Å²) in [5, 5.41) is 0. The van der Waals surface area contributed by atoms with Crippen LogP contribution in [-0.4, -0.2) is 93.6 Å². The van der Waals surface area contributed by atoms with Crippen LogP contribution >= 0.6 is 0 Å². The van der Waals surface area contributed by atoms with Crippen LogP contribution in [0.4, 0.5) is 4.79 Å². The number of unbranched alkanes of at least 4 members (excludes halogenated alkanes) is 28. The van der Waals surface area contributed by atoms with Crippen molar-refractivity contribution in [2.75, 3.05) is 0 Å². The normalized spacial score (nSPS) is 10.3. The predicted molar refractivity (Wildman–Crippen MR) is 247 cm³/mol. The topological polar surface area (TPSA) is 88.1 Å². The summed E-state index contributed by atoms with van der Waals surface area (Å²) in [6.07, 6.45) is 38.4. The maximum absolute atomic E-state index is 12.3. The van der Waals surface area contributed by atoms with Crippen LogP contribution in [0.3, 0.4) is 0 Å². The van der Waals surface area contributed by atoms with Crippen LogP contribution in [0.2, 0.25) is 0 Å². The van der Waals surface area contributed by atoms with Gasteiger partial charge in [-0.2, -0.15) is 0 Å². The molecule has 0 aromatic heterocycles. The molecule has 0 fully saturated rings. The van der Waals surface area contributed by atoms with Crippen molar-refractivity contribution in [2.45, 2.75) is 219 Å². The fraction of sp³-hybridized carbons (Fsp3) is 0.694. The second kappa shape index (κ2) is 47.4. The second-order valence-corrected chi connectivity index (χ2v) is 15.7. The van der Waals surface area contributed by atoms with E-state index < -0.39 is 6.16 Å². The number of carbonyl (C=O) groups is 3. The van der Waals surface area contributed by atoms with Gasteiger partial charge in [-0.25, -0.2) is 4.79 Å². The summed E-state index contributed by atoms with van der Waals surface area (Å²) >= 11 is 0. The standard InChI is InChI=1S/C49H78O7.2Ca.2Zn.4H/c1-3-5-7-9-11-13-15-17-19-21-23-25-27-29-31-33-47(50)53-43-35-39-45(40-36-43)55-49(52)56-46-41-37-44(38-42-46)54-48(51)34-32-30-28-26-24-22-20-18-16-14-12-10-8-6-4-2;;;;;;;;/h35-42H,3-34H2,1-2H3;;;;;;;;. The van der Waals surface area contributed by atoms with Crippen molar-refractivity contribution in [3.05, 3.63) is 48.5 Å². The Morgan fingerprint density at radius 3 is 0.717 bits per heavy atom. The molecule has 0 spiro atoms. The zero-order valence-corrected chi connectivity index (χ0v) is 43.0. The van der Waals surface area contributed by atoms with E-state index in [-0.39, 0.29) is 138 Å². The number of ether oxygens (including phenoxy) is 4. The third-order valence-electron chi connectivity index (χ3n) is 10.5. The van der Waals surface area contributed by atoms with Gasteiger partial charge in [0.05, 0.1) is 0 Å². The molecule has 0 bridgehead atoms. The molecule has 0 aliphatic heterocycles. The van der Waals surface area contributed by atoms with Crippen molar-refractivity contribution in [3.63, 3.8) is 0 Å². The molecule has 0 N–H and O–H groups in total. The van der Waals surface area contributed by atoms with E-state index in [0.29, 0.717) is 24.3 Å². The van der Waals surface area contributed by atoms with Crippen LogP contribution in [-0.2, 0) is 48.5 Å². The summed E-state index contributed by atoms with van der Waals surface area (Å²) in [5.41, 5.74) is 0. The molecule has 2 rings (SSSR count). The van der Waals surface area contributed by atoms with E-state index in [2.05, 4.69) is 13.8 Å². The van der Waals surface area contributed by atoms with Gasteiger partial charge in [-0.1, -0.05) is 194 Å². The van der Waals surface area contributed by atoms with Crippen LogP contribution in [0.25, 0.3) is 0 Å². The van der Waals surface area contributed by atoms with Gasteiger partial charge >= 0.3 is 93.6 Å². The van der Waals surface area contributed by atoms with Crippen molar-refractivity contribution in [3.8, 4) is 23.0 Å². The van der Waals surface area contributed by atoms with Crippen LogP contribution in [0.1, 0.15) is 219 Å². The predicted octanol–water partition coefficient (Wildman–Crippen LogP) is 13.8. The van der Waals surface area contributed by atoms with Gasteiger partial charge in [0.15, 0.2) is 0 Å². The maximum Gasteiger partial charge on any atom is 0 e. The van der Waals surface area contributed by atoms with Crippen molar-refractivity contribution < 1.29 is 72.3 Å². The maximum atomic E-state index is 12.3. The van der Waals surface area contributed by atoms with Crippen LogP contribution in [0, 0.1) is 0 Å². The Hall–Kier alpha value is 0.416. The van der Waals surface area contributed by atoms with Crippen LogP contribution < -0.4 is 18.9 Å².